The maximum atomic E-state index is 10.7. The lowest BCUT2D eigenvalue weighted by Gasteiger charge is -2.06. The van der Waals surface area contributed by atoms with Crippen molar-refractivity contribution in [1.82, 2.24) is 0 Å². The molecule has 0 saturated heterocycles. The molecule has 1 aromatic rings. The van der Waals surface area contributed by atoms with Gasteiger partial charge in [0.25, 0.3) is 5.69 Å². The van der Waals surface area contributed by atoms with Gasteiger partial charge in [-0.3, -0.25) is 14.9 Å². The van der Waals surface area contributed by atoms with E-state index in [1.165, 1.54) is 6.07 Å². The predicted molar refractivity (Wildman–Crippen MR) is 63.1 cm³/mol. The van der Waals surface area contributed by atoms with Gasteiger partial charge in [0, 0.05) is 23.5 Å². The van der Waals surface area contributed by atoms with Gasteiger partial charge >= 0.3 is 0 Å². The Morgan fingerprint density at radius 2 is 2.25 bits per heavy atom. The summed E-state index contributed by atoms with van der Waals surface area (Å²) in [6, 6.07) is 4.55. The molecule has 0 unspecified atom stereocenters. The van der Waals surface area contributed by atoms with E-state index in [2.05, 4.69) is 21.2 Å². The first-order valence-corrected chi connectivity index (χ1v) is 5.26. The van der Waals surface area contributed by atoms with Crippen LogP contribution in [0.3, 0.4) is 0 Å². The van der Waals surface area contributed by atoms with Crippen LogP contribution in [0, 0.1) is 10.1 Å². The average Bonchev–Trinajstić information content (AvgIpc) is 2.16. The Morgan fingerprint density at radius 1 is 1.56 bits per heavy atom. The van der Waals surface area contributed by atoms with E-state index in [0.29, 0.717) is 5.69 Å². The quantitative estimate of drug-likeness (QED) is 0.635. The summed E-state index contributed by atoms with van der Waals surface area (Å²) >= 11 is 3.21. The molecule has 0 aliphatic carbocycles. The van der Waals surface area contributed by atoms with Gasteiger partial charge in [-0.1, -0.05) is 15.9 Å². The second-order valence-electron chi connectivity index (χ2n) is 3.06. The highest BCUT2D eigenvalue weighted by Crippen LogP contribution is 2.27. The normalized spacial score (nSPS) is 9.81. The van der Waals surface area contributed by atoms with Crippen LogP contribution in [0.4, 0.5) is 11.4 Å². The van der Waals surface area contributed by atoms with Gasteiger partial charge in [0.1, 0.15) is 5.69 Å². The SMILES string of the molecule is NC(=O)CCNc1cc(Br)ccc1[N+](=O)[O-]. The standard InChI is InChI=1S/C9H10BrN3O3/c10-6-1-2-8(13(15)16)7(5-6)12-4-3-9(11)14/h1-2,5,12H,3-4H2,(H2,11,14). The number of amides is 1. The molecule has 0 atom stereocenters. The number of nitrogens with one attached hydrogen (secondary N) is 1. The number of rotatable bonds is 5. The Bertz CT molecular complexity index is 422. The molecule has 6 nitrogen and oxygen atoms in total. The second kappa shape index (κ2) is 5.45. The number of primary amides is 1. The Balaban J connectivity index is 2.80. The molecule has 7 heteroatoms. The predicted octanol–water partition coefficient (Wildman–Crippen LogP) is 1.64. The third kappa shape index (κ3) is 3.50. The van der Waals surface area contributed by atoms with Crippen LogP contribution in [0.15, 0.2) is 22.7 Å². The van der Waals surface area contributed by atoms with Crippen LogP contribution in [-0.2, 0) is 4.79 Å². The molecule has 1 rings (SSSR count). The van der Waals surface area contributed by atoms with E-state index in [0.717, 1.165) is 4.47 Å². The average molecular weight is 288 g/mol. The first-order valence-electron chi connectivity index (χ1n) is 4.47. The van der Waals surface area contributed by atoms with Crippen molar-refractivity contribution in [2.24, 2.45) is 5.73 Å². The van der Waals surface area contributed by atoms with Crippen molar-refractivity contribution in [3.63, 3.8) is 0 Å². The highest BCUT2D eigenvalue weighted by atomic mass is 79.9. The van der Waals surface area contributed by atoms with Gasteiger partial charge in [-0.15, -0.1) is 0 Å². The third-order valence-corrected chi connectivity index (χ3v) is 2.34. The summed E-state index contributed by atoms with van der Waals surface area (Å²) < 4.78 is 0.722. The number of carbonyl (C=O) groups is 1. The molecule has 0 heterocycles. The number of nitrogens with zero attached hydrogens (tertiary/aromatic N) is 1. The molecule has 0 aliphatic heterocycles. The molecular formula is C9H10BrN3O3. The molecule has 0 saturated carbocycles. The maximum Gasteiger partial charge on any atom is 0.292 e. The molecular weight excluding hydrogens is 278 g/mol. The van der Waals surface area contributed by atoms with Crippen molar-refractivity contribution in [2.45, 2.75) is 6.42 Å². The fourth-order valence-electron chi connectivity index (χ4n) is 1.13. The van der Waals surface area contributed by atoms with Gasteiger partial charge in [0.2, 0.25) is 5.91 Å². The minimum absolute atomic E-state index is 0.0346. The zero-order chi connectivity index (χ0) is 12.1. The molecule has 1 aromatic carbocycles. The van der Waals surface area contributed by atoms with Gasteiger partial charge in [0.05, 0.1) is 4.92 Å². The van der Waals surface area contributed by atoms with Crippen molar-refractivity contribution in [3.05, 3.63) is 32.8 Å². The second-order valence-corrected chi connectivity index (χ2v) is 3.98. The lowest BCUT2D eigenvalue weighted by Crippen LogP contribution is -2.16. The Labute approximate surface area is 100 Å². The number of nitro benzene ring substituents is 1. The van der Waals surface area contributed by atoms with Crippen molar-refractivity contribution in [1.29, 1.82) is 0 Å². The van der Waals surface area contributed by atoms with Crippen LogP contribution in [0.1, 0.15) is 6.42 Å². The summed E-state index contributed by atoms with van der Waals surface area (Å²) in [6.45, 7) is 0.270. The number of carbonyl (C=O) groups excluding carboxylic acids is 1. The number of nitrogens with two attached hydrogens (primary N) is 1. The van der Waals surface area contributed by atoms with Crippen LogP contribution < -0.4 is 11.1 Å². The number of hydrogen-bond acceptors (Lipinski definition) is 4. The molecule has 0 fully saturated rings. The van der Waals surface area contributed by atoms with Gasteiger partial charge < -0.3 is 11.1 Å². The lowest BCUT2D eigenvalue weighted by molar-refractivity contribution is -0.384. The van der Waals surface area contributed by atoms with E-state index in [1.54, 1.807) is 12.1 Å². The van der Waals surface area contributed by atoms with Crippen LogP contribution in [0.5, 0.6) is 0 Å². The van der Waals surface area contributed by atoms with E-state index in [1.807, 2.05) is 0 Å². The molecule has 3 N–H and O–H groups in total. The van der Waals surface area contributed by atoms with E-state index in [4.69, 9.17) is 5.73 Å². The largest absolute Gasteiger partial charge is 0.379 e. The van der Waals surface area contributed by atoms with Gasteiger partial charge in [-0.05, 0) is 12.1 Å². The molecule has 0 radical (unpaired) electrons. The van der Waals surface area contributed by atoms with Crippen LogP contribution in [0.2, 0.25) is 0 Å². The van der Waals surface area contributed by atoms with E-state index >= 15 is 0 Å². The summed E-state index contributed by atoms with van der Waals surface area (Å²) in [5.41, 5.74) is 5.29. The molecule has 0 aliphatic rings. The monoisotopic (exact) mass is 287 g/mol. The highest BCUT2D eigenvalue weighted by molar-refractivity contribution is 9.10. The van der Waals surface area contributed by atoms with E-state index in [9.17, 15) is 14.9 Å². The minimum atomic E-state index is -0.487. The first kappa shape index (κ1) is 12.4. The van der Waals surface area contributed by atoms with Gasteiger partial charge in [-0.2, -0.15) is 0 Å². The number of benzene rings is 1. The molecule has 86 valence electrons. The smallest absolute Gasteiger partial charge is 0.292 e. The highest BCUT2D eigenvalue weighted by Gasteiger charge is 2.13. The first-order chi connectivity index (χ1) is 7.50. The lowest BCUT2D eigenvalue weighted by atomic mass is 10.2. The van der Waals surface area contributed by atoms with Crippen molar-refractivity contribution < 1.29 is 9.72 Å². The summed E-state index contributed by atoms with van der Waals surface area (Å²) in [5, 5.41) is 13.5. The summed E-state index contributed by atoms with van der Waals surface area (Å²) in [4.78, 5) is 20.7. The summed E-state index contributed by atoms with van der Waals surface area (Å²) in [6.07, 6.45) is 0.129. The van der Waals surface area contributed by atoms with E-state index < -0.39 is 10.8 Å². The van der Waals surface area contributed by atoms with Crippen molar-refractivity contribution >= 4 is 33.2 Å². The molecule has 1 amide bonds. The maximum absolute atomic E-state index is 10.7. The summed E-state index contributed by atoms with van der Waals surface area (Å²) in [5.74, 6) is -0.454. The topological polar surface area (TPSA) is 98.3 Å². The minimum Gasteiger partial charge on any atom is -0.379 e. The molecule has 0 bridgehead atoms. The Kier molecular flexibility index (Phi) is 4.24. The van der Waals surface area contributed by atoms with E-state index in [-0.39, 0.29) is 18.7 Å². The van der Waals surface area contributed by atoms with Crippen LogP contribution in [-0.4, -0.2) is 17.4 Å². The number of halogens is 1. The number of anilines is 1. The molecule has 16 heavy (non-hydrogen) atoms. The number of nitro groups is 1. The molecule has 0 aromatic heterocycles. The molecule has 0 spiro atoms. The van der Waals surface area contributed by atoms with Crippen molar-refractivity contribution in [2.75, 3.05) is 11.9 Å². The number of hydrogen-bond donors (Lipinski definition) is 2. The van der Waals surface area contributed by atoms with Crippen LogP contribution in [0.25, 0.3) is 0 Å². The van der Waals surface area contributed by atoms with Crippen LogP contribution >= 0.6 is 15.9 Å². The Morgan fingerprint density at radius 3 is 2.81 bits per heavy atom. The summed E-state index contributed by atoms with van der Waals surface area (Å²) in [7, 11) is 0. The van der Waals surface area contributed by atoms with Crippen molar-refractivity contribution in [3.8, 4) is 0 Å². The zero-order valence-corrected chi connectivity index (χ0v) is 9.86. The fourth-order valence-corrected chi connectivity index (χ4v) is 1.49. The fraction of sp³-hybridized carbons (Fsp3) is 0.222. The Hall–Kier alpha value is -1.63. The van der Waals surface area contributed by atoms with Gasteiger partial charge in [0.15, 0.2) is 0 Å². The third-order valence-electron chi connectivity index (χ3n) is 1.84. The van der Waals surface area contributed by atoms with Gasteiger partial charge in [-0.25, -0.2) is 0 Å². The zero-order valence-electron chi connectivity index (χ0n) is 8.27.